The quantitative estimate of drug-likeness (QED) is 0.858. The van der Waals surface area contributed by atoms with Gasteiger partial charge in [0.05, 0.1) is 6.61 Å². The summed E-state index contributed by atoms with van der Waals surface area (Å²) in [6.07, 6.45) is 1.79. The number of piperazine rings is 1. The van der Waals surface area contributed by atoms with Crippen molar-refractivity contribution in [2.45, 2.75) is 32.2 Å². The van der Waals surface area contributed by atoms with Gasteiger partial charge in [-0.05, 0) is 37.8 Å². The highest BCUT2D eigenvalue weighted by molar-refractivity contribution is 5.84. The van der Waals surface area contributed by atoms with Crippen molar-refractivity contribution >= 4 is 5.97 Å². The molecule has 114 valence electrons. The summed E-state index contributed by atoms with van der Waals surface area (Å²) in [4.78, 5) is 15.2. The monoisotopic (exact) mass is 288 g/mol. The van der Waals surface area contributed by atoms with Crippen LogP contribution in [-0.2, 0) is 21.5 Å². The minimum absolute atomic E-state index is 0.0729. The summed E-state index contributed by atoms with van der Waals surface area (Å²) < 4.78 is 5.48. The maximum Gasteiger partial charge on any atom is 0.331 e. The maximum absolute atomic E-state index is 12.9. The lowest BCUT2D eigenvalue weighted by Crippen LogP contribution is -2.57. The fraction of sp³-hybridized carbons (Fsp3) is 0.588. The smallest absolute Gasteiger partial charge is 0.331 e. The lowest BCUT2D eigenvalue weighted by atomic mass is 9.88. The summed E-state index contributed by atoms with van der Waals surface area (Å²) >= 11 is 0. The van der Waals surface area contributed by atoms with E-state index in [9.17, 15) is 4.79 Å². The number of rotatable bonds is 3. The van der Waals surface area contributed by atoms with Crippen LogP contribution in [0.15, 0.2) is 18.2 Å². The van der Waals surface area contributed by atoms with Gasteiger partial charge in [-0.25, -0.2) is 4.79 Å². The van der Waals surface area contributed by atoms with Gasteiger partial charge < -0.3 is 10.1 Å². The van der Waals surface area contributed by atoms with Gasteiger partial charge >= 0.3 is 5.97 Å². The van der Waals surface area contributed by atoms with Crippen molar-refractivity contribution < 1.29 is 9.53 Å². The molecule has 1 saturated heterocycles. The molecule has 4 heteroatoms. The van der Waals surface area contributed by atoms with Crippen LogP contribution in [0.2, 0.25) is 0 Å². The van der Waals surface area contributed by atoms with Gasteiger partial charge in [0.1, 0.15) is 5.54 Å². The molecular weight excluding hydrogens is 264 g/mol. The van der Waals surface area contributed by atoms with Crippen LogP contribution >= 0.6 is 0 Å². The number of carbonyl (C=O) groups is 1. The zero-order valence-electron chi connectivity index (χ0n) is 12.9. The molecule has 1 N–H and O–H groups in total. The highest BCUT2D eigenvalue weighted by Crippen LogP contribution is 2.43. The number of nitrogens with zero attached hydrogens (tertiary/aromatic N) is 1. The molecule has 1 fully saturated rings. The minimum atomic E-state index is -0.570. The number of hydrogen-bond donors (Lipinski definition) is 1. The van der Waals surface area contributed by atoms with E-state index in [1.807, 2.05) is 6.92 Å². The zero-order valence-corrected chi connectivity index (χ0v) is 12.9. The number of hydrogen-bond acceptors (Lipinski definition) is 4. The van der Waals surface area contributed by atoms with Gasteiger partial charge in [-0.2, -0.15) is 0 Å². The fourth-order valence-electron chi connectivity index (χ4n) is 3.71. The number of fused-ring (bicyclic) bond motifs is 1. The maximum atomic E-state index is 12.9. The Morgan fingerprint density at radius 1 is 1.38 bits per heavy atom. The van der Waals surface area contributed by atoms with Crippen LogP contribution in [0.5, 0.6) is 0 Å². The van der Waals surface area contributed by atoms with Crippen molar-refractivity contribution in [2.75, 3.05) is 32.8 Å². The second-order valence-electron chi connectivity index (χ2n) is 5.98. The number of carbonyl (C=O) groups excluding carboxylic acids is 1. The van der Waals surface area contributed by atoms with E-state index in [4.69, 9.17) is 4.74 Å². The number of benzene rings is 1. The van der Waals surface area contributed by atoms with Crippen molar-refractivity contribution in [3.8, 4) is 0 Å². The summed E-state index contributed by atoms with van der Waals surface area (Å²) in [5, 5.41) is 3.37. The molecule has 21 heavy (non-hydrogen) atoms. The number of nitrogens with one attached hydrogen (secondary N) is 1. The summed E-state index contributed by atoms with van der Waals surface area (Å²) in [5.74, 6) is -0.0729. The molecule has 0 saturated carbocycles. The molecule has 1 aromatic carbocycles. The van der Waals surface area contributed by atoms with Gasteiger partial charge in [0.15, 0.2) is 0 Å². The first kappa shape index (κ1) is 14.5. The topological polar surface area (TPSA) is 41.6 Å². The molecule has 2 aliphatic rings. The molecule has 1 aliphatic heterocycles. The molecule has 0 bridgehead atoms. The first-order chi connectivity index (χ1) is 10.2. The van der Waals surface area contributed by atoms with Gasteiger partial charge in [-0.3, -0.25) is 4.90 Å². The molecule has 1 heterocycles. The molecule has 1 unspecified atom stereocenters. The predicted octanol–water partition coefficient (Wildman–Crippen LogP) is 1.60. The first-order valence-electron chi connectivity index (χ1n) is 7.91. The predicted molar refractivity (Wildman–Crippen MR) is 82.3 cm³/mol. The molecule has 1 atom stereocenters. The Kier molecular flexibility index (Phi) is 4.00. The molecule has 0 spiro atoms. The van der Waals surface area contributed by atoms with Crippen molar-refractivity contribution in [2.24, 2.45) is 0 Å². The van der Waals surface area contributed by atoms with Crippen molar-refractivity contribution in [1.82, 2.24) is 10.2 Å². The fourth-order valence-corrected chi connectivity index (χ4v) is 3.71. The summed E-state index contributed by atoms with van der Waals surface area (Å²) in [7, 11) is 0. The molecular formula is C17H24N2O2. The second kappa shape index (κ2) is 5.78. The van der Waals surface area contributed by atoms with E-state index in [2.05, 4.69) is 35.3 Å². The molecule has 0 aromatic heterocycles. The molecule has 3 rings (SSSR count). The van der Waals surface area contributed by atoms with Gasteiger partial charge in [0, 0.05) is 26.2 Å². The summed E-state index contributed by atoms with van der Waals surface area (Å²) in [5.41, 5.74) is 3.11. The Bertz CT molecular complexity index is 538. The average Bonchev–Trinajstić information content (AvgIpc) is 2.88. The standard InChI is InChI=1S/C17H24N2O2/c1-3-21-16(20)17(19-10-8-18-9-11-19)7-6-14-5-4-13(2)12-15(14)17/h4-5,12,18H,3,6-11H2,1-2H3. The van der Waals surface area contributed by atoms with E-state index in [0.29, 0.717) is 6.61 Å². The number of esters is 1. The average molecular weight is 288 g/mol. The Balaban J connectivity index is 2.06. The lowest BCUT2D eigenvalue weighted by Gasteiger charge is -2.42. The van der Waals surface area contributed by atoms with Crippen LogP contribution in [0.3, 0.4) is 0 Å². The Hall–Kier alpha value is -1.39. The van der Waals surface area contributed by atoms with E-state index in [0.717, 1.165) is 39.0 Å². The van der Waals surface area contributed by atoms with E-state index < -0.39 is 5.54 Å². The second-order valence-corrected chi connectivity index (χ2v) is 5.98. The van der Waals surface area contributed by atoms with Crippen LogP contribution < -0.4 is 5.32 Å². The van der Waals surface area contributed by atoms with Crippen LogP contribution in [0.1, 0.15) is 30.0 Å². The third-order valence-electron chi connectivity index (χ3n) is 4.74. The molecule has 1 aromatic rings. The highest BCUT2D eigenvalue weighted by Gasteiger charge is 2.51. The van der Waals surface area contributed by atoms with Crippen LogP contribution in [-0.4, -0.2) is 43.7 Å². The lowest BCUT2D eigenvalue weighted by molar-refractivity contribution is -0.159. The minimum Gasteiger partial charge on any atom is -0.464 e. The van der Waals surface area contributed by atoms with Gasteiger partial charge in [-0.1, -0.05) is 23.8 Å². The third kappa shape index (κ3) is 2.36. The van der Waals surface area contributed by atoms with Crippen molar-refractivity contribution in [3.05, 3.63) is 34.9 Å². The summed E-state index contributed by atoms with van der Waals surface area (Å²) in [6, 6.07) is 6.49. The third-order valence-corrected chi connectivity index (χ3v) is 4.74. The Morgan fingerprint density at radius 2 is 2.14 bits per heavy atom. The van der Waals surface area contributed by atoms with Crippen LogP contribution in [0, 0.1) is 6.92 Å². The Labute approximate surface area is 126 Å². The molecule has 0 amide bonds. The zero-order chi connectivity index (χ0) is 14.9. The number of aryl methyl sites for hydroxylation is 2. The summed E-state index contributed by atoms with van der Waals surface area (Å²) in [6.45, 7) is 8.07. The van der Waals surface area contributed by atoms with Gasteiger partial charge in [-0.15, -0.1) is 0 Å². The van der Waals surface area contributed by atoms with E-state index in [1.54, 1.807) is 0 Å². The van der Waals surface area contributed by atoms with Crippen LogP contribution in [0.25, 0.3) is 0 Å². The number of ether oxygens (including phenoxy) is 1. The molecule has 0 radical (unpaired) electrons. The Morgan fingerprint density at radius 3 is 2.86 bits per heavy atom. The first-order valence-corrected chi connectivity index (χ1v) is 7.91. The van der Waals surface area contributed by atoms with Gasteiger partial charge in [0.25, 0.3) is 0 Å². The van der Waals surface area contributed by atoms with Crippen molar-refractivity contribution in [3.63, 3.8) is 0 Å². The van der Waals surface area contributed by atoms with E-state index >= 15 is 0 Å². The van der Waals surface area contributed by atoms with Gasteiger partial charge in [0.2, 0.25) is 0 Å². The van der Waals surface area contributed by atoms with E-state index in [1.165, 1.54) is 16.7 Å². The molecule has 4 nitrogen and oxygen atoms in total. The van der Waals surface area contributed by atoms with Crippen LogP contribution in [0.4, 0.5) is 0 Å². The normalized spacial score (nSPS) is 25.6. The largest absolute Gasteiger partial charge is 0.464 e. The molecule has 1 aliphatic carbocycles. The highest BCUT2D eigenvalue weighted by atomic mass is 16.5. The van der Waals surface area contributed by atoms with E-state index in [-0.39, 0.29) is 5.97 Å². The SMILES string of the molecule is CCOC(=O)C1(N2CCNCC2)CCc2ccc(C)cc21. The van der Waals surface area contributed by atoms with Crippen molar-refractivity contribution in [1.29, 1.82) is 0 Å².